The monoisotopic (exact) mass is 368 g/mol. The third-order valence-corrected chi connectivity index (χ3v) is 5.07. The van der Waals surface area contributed by atoms with Crippen LogP contribution in [-0.2, 0) is 17.7 Å². The lowest BCUT2D eigenvalue weighted by Crippen LogP contribution is -2.30. The molecule has 0 aliphatic carbocycles. The zero-order chi connectivity index (χ0) is 17.4. The topological polar surface area (TPSA) is 112 Å². The van der Waals surface area contributed by atoms with Crippen LogP contribution in [0.1, 0.15) is 20.9 Å². The normalized spacial score (nSPS) is 13.5. The van der Waals surface area contributed by atoms with Crippen LogP contribution in [0.25, 0.3) is 0 Å². The van der Waals surface area contributed by atoms with Crippen LogP contribution in [0.4, 0.5) is 16.5 Å². The Hall–Kier alpha value is -2.39. The molecule has 3 rings (SSSR count). The van der Waals surface area contributed by atoms with E-state index in [4.69, 9.17) is 17.3 Å². The van der Waals surface area contributed by atoms with E-state index in [9.17, 15) is 14.9 Å². The van der Waals surface area contributed by atoms with E-state index < -0.39 is 10.9 Å². The van der Waals surface area contributed by atoms with Crippen LogP contribution in [0.5, 0.6) is 0 Å². The summed E-state index contributed by atoms with van der Waals surface area (Å²) < 4.78 is 4.64. The van der Waals surface area contributed by atoms with Crippen molar-refractivity contribution >= 4 is 45.4 Å². The first-order valence-corrected chi connectivity index (χ1v) is 8.16. The highest BCUT2D eigenvalue weighted by Crippen LogP contribution is 2.38. The van der Waals surface area contributed by atoms with Crippen molar-refractivity contribution in [3.05, 3.63) is 43.4 Å². The Bertz CT molecular complexity index is 838. The van der Waals surface area contributed by atoms with Gasteiger partial charge in [0.15, 0.2) is 10.7 Å². The fourth-order valence-corrected chi connectivity index (χ4v) is 3.92. The molecule has 1 aliphatic rings. The van der Waals surface area contributed by atoms with Gasteiger partial charge in [-0.1, -0.05) is 11.6 Å². The number of nitrogens with two attached hydrogens (primary N) is 1. The Balaban J connectivity index is 2.03. The SMILES string of the molecule is COC(=O)c1c([N+](=O)[O-])ccc(N2CCc3nc(N)sc3C2)c1Cl. The van der Waals surface area contributed by atoms with Gasteiger partial charge in [-0.15, -0.1) is 11.3 Å². The third-order valence-electron chi connectivity index (χ3n) is 3.77. The number of carbonyl (C=O) groups excluding carboxylic acids is 1. The zero-order valence-electron chi connectivity index (χ0n) is 12.6. The summed E-state index contributed by atoms with van der Waals surface area (Å²) in [5.41, 5.74) is 6.62. The molecule has 126 valence electrons. The van der Waals surface area contributed by atoms with E-state index in [1.807, 2.05) is 4.90 Å². The summed E-state index contributed by atoms with van der Waals surface area (Å²) in [6.45, 7) is 1.15. The largest absolute Gasteiger partial charge is 0.465 e. The number of aromatic nitrogens is 1. The van der Waals surface area contributed by atoms with Crippen LogP contribution in [0.2, 0.25) is 5.02 Å². The Kier molecular flexibility index (Phi) is 4.29. The molecule has 0 spiro atoms. The average molecular weight is 369 g/mol. The molecule has 0 unspecified atom stereocenters. The lowest BCUT2D eigenvalue weighted by molar-refractivity contribution is -0.385. The number of thiazole rings is 1. The molecule has 0 bridgehead atoms. The minimum Gasteiger partial charge on any atom is -0.465 e. The smallest absolute Gasteiger partial charge is 0.346 e. The molecular weight excluding hydrogens is 356 g/mol. The minimum absolute atomic E-state index is 0.0111. The summed E-state index contributed by atoms with van der Waals surface area (Å²) >= 11 is 7.71. The number of hydrogen-bond acceptors (Lipinski definition) is 8. The number of carbonyl (C=O) groups is 1. The number of nitrogens with zero attached hydrogens (tertiary/aromatic N) is 3. The fourth-order valence-electron chi connectivity index (χ4n) is 2.67. The molecule has 2 N–H and O–H groups in total. The molecule has 2 aromatic rings. The van der Waals surface area contributed by atoms with Crippen molar-refractivity contribution in [1.82, 2.24) is 4.98 Å². The van der Waals surface area contributed by atoms with Gasteiger partial charge < -0.3 is 15.4 Å². The first-order valence-electron chi connectivity index (χ1n) is 6.96. The molecule has 0 saturated heterocycles. The number of anilines is 2. The molecule has 2 heterocycles. The van der Waals surface area contributed by atoms with Crippen molar-refractivity contribution < 1.29 is 14.5 Å². The Morgan fingerprint density at radius 2 is 2.29 bits per heavy atom. The second-order valence-corrected chi connectivity index (χ2v) is 6.63. The fraction of sp³-hybridized carbons (Fsp3) is 0.286. The molecule has 0 amide bonds. The van der Waals surface area contributed by atoms with Gasteiger partial charge in [0.25, 0.3) is 5.69 Å². The summed E-state index contributed by atoms with van der Waals surface area (Å²) in [4.78, 5) is 29.7. The maximum absolute atomic E-state index is 11.9. The first-order chi connectivity index (χ1) is 11.4. The molecule has 10 heteroatoms. The predicted molar refractivity (Wildman–Crippen MR) is 90.7 cm³/mol. The number of fused-ring (bicyclic) bond motifs is 1. The molecule has 24 heavy (non-hydrogen) atoms. The number of halogens is 1. The molecule has 0 radical (unpaired) electrons. The number of nitro benzene ring substituents is 1. The van der Waals surface area contributed by atoms with Gasteiger partial charge >= 0.3 is 5.97 Å². The van der Waals surface area contributed by atoms with Gasteiger partial charge in [-0.25, -0.2) is 9.78 Å². The maximum Gasteiger partial charge on any atom is 0.346 e. The molecule has 8 nitrogen and oxygen atoms in total. The number of rotatable bonds is 3. The van der Waals surface area contributed by atoms with E-state index in [1.54, 1.807) is 6.07 Å². The number of benzene rings is 1. The van der Waals surface area contributed by atoms with E-state index in [0.29, 0.717) is 30.3 Å². The lowest BCUT2D eigenvalue weighted by atomic mass is 10.1. The number of nitro groups is 1. The van der Waals surface area contributed by atoms with Gasteiger partial charge in [0.1, 0.15) is 0 Å². The standard InChI is InChI=1S/C14H13ClN4O4S/c1-23-13(20)11-8(19(21)22)2-3-9(12(11)15)18-5-4-7-10(6-18)24-14(16)17-7/h2-3H,4-6H2,1H3,(H2,16,17). The zero-order valence-corrected chi connectivity index (χ0v) is 14.2. The second kappa shape index (κ2) is 6.25. The predicted octanol–water partition coefficient (Wildman–Crippen LogP) is 2.64. The van der Waals surface area contributed by atoms with E-state index in [1.165, 1.54) is 17.4 Å². The van der Waals surface area contributed by atoms with E-state index in [2.05, 4.69) is 9.72 Å². The summed E-state index contributed by atoms with van der Waals surface area (Å²) in [7, 11) is 1.16. The van der Waals surface area contributed by atoms with Crippen molar-refractivity contribution in [2.45, 2.75) is 13.0 Å². The van der Waals surface area contributed by atoms with Gasteiger partial charge in [-0.3, -0.25) is 10.1 Å². The van der Waals surface area contributed by atoms with Crippen molar-refractivity contribution in [3.63, 3.8) is 0 Å². The molecular formula is C14H13ClN4O4S. The molecule has 0 fully saturated rings. The van der Waals surface area contributed by atoms with Crippen molar-refractivity contribution in [1.29, 1.82) is 0 Å². The number of ether oxygens (including phenoxy) is 1. The second-order valence-electron chi connectivity index (χ2n) is 5.14. The first kappa shape index (κ1) is 16.5. The van der Waals surface area contributed by atoms with E-state index in [0.717, 1.165) is 17.7 Å². The number of esters is 1. The molecule has 0 saturated carbocycles. The van der Waals surface area contributed by atoms with Gasteiger partial charge in [0.05, 0.1) is 35.0 Å². The van der Waals surface area contributed by atoms with Gasteiger partial charge in [-0.2, -0.15) is 0 Å². The summed E-state index contributed by atoms with van der Waals surface area (Å²) in [6.07, 6.45) is 0.684. The quantitative estimate of drug-likeness (QED) is 0.503. The number of methoxy groups -OCH3 is 1. The van der Waals surface area contributed by atoms with Gasteiger partial charge in [0.2, 0.25) is 0 Å². The average Bonchev–Trinajstić information content (AvgIpc) is 2.92. The molecule has 1 aliphatic heterocycles. The van der Waals surface area contributed by atoms with E-state index >= 15 is 0 Å². The van der Waals surface area contributed by atoms with Crippen LogP contribution in [0.3, 0.4) is 0 Å². The molecule has 1 aromatic heterocycles. The Morgan fingerprint density at radius 3 is 2.96 bits per heavy atom. The summed E-state index contributed by atoms with van der Waals surface area (Å²) in [5.74, 6) is -0.840. The highest BCUT2D eigenvalue weighted by atomic mass is 35.5. The molecule has 1 aromatic carbocycles. The van der Waals surface area contributed by atoms with Gasteiger partial charge in [0, 0.05) is 23.9 Å². The van der Waals surface area contributed by atoms with Crippen LogP contribution in [0.15, 0.2) is 12.1 Å². The van der Waals surface area contributed by atoms with Crippen LogP contribution >= 0.6 is 22.9 Å². The number of hydrogen-bond donors (Lipinski definition) is 1. The number of nitrogen functional groups attached to an aromatic ring is 1. The molecule has 0 atom stereocenters. The maximum atomic E-state index is 11.9. The van der Waals surface area contributed by atoms with Crippen LogP contribution < -0.4 is 10.6 Å². The van der Waals surface area contributed by atoms with Crippen molar-refractivity contribution in [2.75, 3.05) is 24.3 Å². The van der Waals surface area contributed by atoms with Gasteiger partial charge in [-0.05, 0) is 6.07 Å². The van der Waals surface area contributed by atoms with Crippen molar-refractivity contribution in [3.8, 4) is 0 Å². The van der Waals surface area contributed by atoms with Crippen LogP contribution in [-0.4, -0.2) is 29.5 Å². The van der Waals surface area contributed by atoms with Crippen LogP contribution in [0, 0.1) is 10.1 Å². The van der Waals surface area contributed by atoms with Crippen molar-refractivity contribution in [2.24, 2.45) is 0 Å². The highest BCUT2D eigenvalue weighted by molar-refractivity contribution is 7.15. The minimum atomic E-state index is -0.840. The Labute approximate surface area is 145 Å². The summed E-state index contributed by atoms with van der Waals surface area (Å²) in [6, 6.07) is 2.81. The Morgan fingerprint density at radius 1 is 1.54 bits per heavy atom. The van der Waals surface area contributed by atoms with E-state index in [-0.39, 0.29) is 16.3 Å². The lowest BCUT2D eigenvalue weighted by Gasteiger charge is -2.29. The third kappa shape index (κ3) is 2.76. The summed E-state index contributed by atoms with van der Waals surface area (Å²) in [5, 5.41) is 11.7. The highest BCUT2D eigenvalue weighted by Gasteiger charge is 2.30.